The van der Waals surface area contributed by atoms with Crippen LogP contribution >= 0.6 is 11.6 Å². The highest BCUT2D eigenvalue weighted by Crippen LogP contribution is 2.17. The van der Waals surface area contributed by atoms with Crippen LogP contribution in [0.1, 0.15) is 19.3 Å². The molecule has 0 aliphatic carbocycles. The van der Waals surface area contributed by atoms with E-state index in [4.69, 9.17) is 16.3 Å². The van der Waals surface area contributed by atoms with Gasteiger partial charge in [0.1, 0.15) is 5.88 Å². The van der Waals surface area contributed by atoms with E-state index >= 15 is 0 Å². The second-order valence-electron chi connectivity index (χ2n) is 3.33. The van der Waals surface area contributed by atoms with Gasteiger partial charge in [-0.05, 0) is 19.3 Å². The highest BCUT2D eigenvalue weighted by atomic mass is 35.5. The van der Waals surface area contributed by atoms with Crippen molar-refractivity contribution in [3.63, 3.8) is 0 Å². The van der Waals surface area contributed by atoms with Crippen molar-refractivity contribution in [1.29, 1.82) is 0 Å². The molecule has 76 valence electrons. The van der Waals surface area contributed by atoms with Gasteiger partial charge in [0.15, 0.2) is 0 Å². The van der Waals surface area contributed by atoms with Gasteiger partial charge in [0.2, 0.25) is 5.91 Å². The number of ether oxygens (including phenoxy) is 1. The molecule has 4 heteroatoms. The lowest BCUT2D eigenvalue weighted by molar-refractivity contribution is -0.133. The minimum atomic E-state index is 0.0309. The highest BCUT2D eigenvalue weighted by Gasteiger charge is 2.25. The number of halogens is 1. The topological polar surface area (TPSA) is 29.5 Å². The van der Waals surface area contributed by atoms with Crippen LogP contribution in [0.2, 0.25) is 0 Å². The third-order valence-corrected chi connectivity index (χ3v) is 2.65. The smallest absolute Gasteiger partial charge is 0.237 e. The number of rotatable bonds is 3. The monoisotopic (exact) mass is 205 g/mol. The zero-order chi connectivity index (χ0) is 9.68. The molecule has 1 rings (SSSR count). The second-order valence-corrected chi connectivity index (χ2v) is 3.59. The highest BCUT2D eigenvalue weighted by molar-refractivity contribution is 6.27. The fraction of sp³-hybridized carbons (Fsp3) is 0.889. The molecule has 0 aromatic rings. The molecule has 0 N–H and O–H groups in total. The third kappa shape index (κ3) is 2.85. The van der Waals surface area contributed by atoms with Gasteiger partial charge >= 0.3 is 0 Å². The molecule has 1 aliphatic rings. The summed E-state index contributed by atoms with van der Waals surface area (Å²) >= 11 is 5.52. The van der Waals surface area contributed by atoms with E-state index in [2.05, 4.69) is 0 Å². The van der Waals surface area contributed by atoms with Crippen LogP contribution in [0.25, 0.3) is 0 Å². The normalized spacial score (nSPS) is 23.2. The van der Waals surface area contributed by atoms with Gasteiger partial charge in [-0.2, -0.15) is 0 Å². The van der Waals surface area contributed by atoms with Crippen molar-refractivity contribution in [3.05, 3.63) is 0 Å². The molecule has 1 fully saturated rings. The number of carbonyl (C=O) groups excluding carboxylic acids is 1. The molecule has 0 saturated carbocycles. The number of hydrogen-bond acceptors (Lipinski definition) is 2. The van der Waals surface area contributed by atoms with Crippen molar-refractivity contribution in [2.45, 2.75) is 25.3 Å². The Morgan fingerprint density at radius 3 is 3.00 bits per heavy atom. The molecule has 1 heterocycles. The van der Waals surface area contributed by atoms with Crippen molar-refractivity contribution in [3.8, 4) is 0 Å². The molecule has 0 bridgehead atoms. The summed E-state index contributed by atoms with van der Waals surface area (Å²) in [6, 6.07) is 0.241. The van der Waals surface area contributed by atoms with Crippen molar-refractivity contribution in [2.75, 3.05) is 26.1 Å². The molecule has 1 unspecified atom stereocenters. The number of alkyl halides is 1. The van der Waals surface area contributed by atoms with Crippen molar-refractivity contribution >= 4 is 17.5 Å². The second kappa shape index (κ2) is 5.45. The molecule has 3 nitrogen and oxygen atoms in total. The fourth-order valence-corrected chi connectivity index (χ4v) is 1.92. The van der Waals surface area contributed by atoms with Crippen LogP contribution in [0.4, 0.5) is 0 Å². The summed E-state index contributed by atoms with van der Waals surface area (Å²) in [6.07, 6.45) is 3.30. The Morgan fingerprint density at radius 2 is 2.38 bits per heavy atom. The van der Waals surface area contributed by atoms with Gasteiger partial charge in [0.05, 0.1) is 12.6 Å². The van der Waals surface area contributed by atoms with Crippen LogP contribution in [0, 0.1) is 0 Å². The summed E-state index contributed by atoms with van der Waals surface area (Å²) in [5.41, 5.74) is 0. The molecule has 1 saturated heterocycles. The molecular weight excluding hydrogens is 190 g/mol. The Morgan fingerprint density at radius 1 is 1.62 bits per heavy atom. The van der Waals surface area contributed by atoms with E-state index in [-0.39, 0.29) is 17.8 Å². The summed E-state index contributed by atoms with van der Waals surface area (Å²) < 4.78 is 5.07. The Kier molecular flexibility index (Phi) is 4.53. The first-order chi connectivity index (χ1) is 6.29. The molecule has 1 atom stereocenters. The Balaban J connectivity index is 2.50. The van der Waals surface area contributed by atoms with Gasteiger partial charge in [-0.15, -0.1) is 11.6 Å². The fourth-order valence-electron chi connectivity index (χ4n) is 1.77. The van der Waals surface area contributed by atoms with E-state index in [9.17, 15) is 4.79 Å². The van der Waals surface area contributed by atoms with E-state index in [1.807, 2.05) is 4.90 Å². The van der Waals surface area contributed by atoms with E-state index < -0.39 is 0 Å². The van der Waals surface area contributed by atoms with E-state index in [1.165, 1.54) is 6.42 Å². The standard InChI is InChI=1S/C9H16ClNO2/c1-13-7-8-4-2-3-5-11(8)9(12)6-10/h8H,2-7H2,1H3. The Labute approximate surface area is 84.0 Å². The van der Waals surface area contributed by atoms with Crippen molar-refractivity contribution in [2.24, 2.45) is 0 Å². The maximum absolute atomic E-state index is 11.4. The van der Waals surface area contributed by atoms with Gasteiger partial charge in [0.25, 0.3) is 0 Å². The molecule has 1 amide bonds. The Hall–Kier alpha value is -0.280. The number of hydrogen-bond donors (Lipinski definition) is 0. The molecule has 1 aliphatic heterocycles. The van der Waals surface area contributed by atoms with E-state index in [0.717, 1.165) is 19.4 Å². The predicted molar refractivity (Wildman–Crippen MR) is 51.9 cm³/mol. The van der Waals surface area contributed by atoms with Crippen molar-refractivity contribution in [1.82, 2.24) is 4.90 Å². The average molecular weight is 206 g/mol. The van der Waals surface area contributed by atoms with E-state index in [1.54, 1.807) is 7.11 Å². The zero-order valence-electron chi connectivity index (χ0n) is 7.96. The van der Waals surface area contributed by atoms with Crippen LogP contribution in [-0.2, 0) is 9.53 Å². The number of piperidine rings is 1. The number of nitrogens with zero attached hydrogens (tertiary/aromatic N) is 1. The van der Waals surface area contributed by atoms with Crippen LogP contribution in [0.5, 0.6) is 0 Å². The summed E-state index contributed by atoms with van der Waals surface area (Å²) in [4.78, 5) is 13.2. The summed E-state index contributed by atoms with van der Waals surface area (Å²) in [5, 5.41) is 0. The largest absolute Gasteiger partial charge is 0.383 e. The zero-order valence-corrected chi connectivity index (χ0v) is 8.72. The number of carbonyl (C=O) groups is 1. The first-order valence-corrected chi connectivity index (χ1v) is 5.17. The van der Waals surface area contributed by atoms with Gasteiger partial charge in [-0.3, -0.25) is 4.79 Å². The van der Waals surface area contributed by atoms with E-state index in [0.29, 0.717) is 6.61 Å². The number of amides is 1. The molecule has 13 heavy (non-hydrogen) atoms. The lowest BCUT2D eigenvalue weighted by atomic mass is 10.0. The molecule has 0 spiro atoms. The Bertz CT molecular complexity index is 173. The van der Waals surface area contributed by atoms with Crippen LogP contribution < -0.4 is 0 Å². The van der Waals surface area contributed by atoms with Crippen LogP contribution in [-0.4, -0.2) is 43.0 Å². The van der Waals surface area contributed by atoms with Gasteiger partial charge in [-0.25, -0.2) is 0 Å². The molecule has 0 aromatic heterocycles. The molecule has 0 aromatic carbocycles. The lowest BCUT2D eigenvalue weighted by Crippen LogP contribution is -2.46. The number of methoxy groups -OCH3 is 1. The van der Waals surface area contributed by atoms with Crippen molar-refractivity contribution < 1.29 is 9.53 Å². The van der Waals surface area contributed by atoms with Gasteiger partial charge in [0, 0.05) is 13.7 Å². The predicted octanol–water partition coefficient (Wildman–Crippen LogP) is 1.25. The van der Waals surface area contributed by atoms with Crippen LogP contribution in [0.3, 0.4) is 0 Å². The summed E-state index contributed by atoms with van der Waals surface area (Å²) in [6.45, 7) is 1.46. The summed E-state index contributed by atoms with van der Waals surface area (Å²) in [5.74, 6) is 0.114. The van der Waals surface area contributed by atoms with Gasteiger partial charge in [-0.1, -0.05) is 0 Å². The minimum Gasteiger partial charge on any atom is -0.383 e. The molecular formula is C9H16ClNO2. The average Bonchev–Trinajstić information content (AvgIpc) is 2.18. The molecule has 0 radical (unpaired) electrons. The van der Waals surface area contributed by atoms with Gasteiger partial charge < -0.3 is 9.64 Å². The lowest BCUT2D eigenvalue weighted by Gasteiger charge is -2.34. The third-order valence-electron chi connectivity index (χ3n) is 2.42. The SMILES string of the molecule is COCC1CCCCN1C(=O)CCl. The quantitative estimate of drug-likeness (QED) is 0.650. The maximum atomic E-state index is 11.4. The minimum absolute atomic E-state index is 0.0309. The van der Waals surface area contributed by atoms with Crippen LogP contribution in [0.15, 0.2) is 0 Å². The first kappa shape index (κ1) is 10.8. The number of likely N-dealkylation sites (tertiary alicyclic amines) is 1. The first-order valence-electron chi connectivity index (χ1n) is 4.64. The summed E-state index contributed by atoms with van der Waals surface area (Å²) in [7, 11) is 1.66. The maximum Gasteiger partial charge on any atom is 0.237 e.